The zero-order valence-electron chi connectivity index (χ0n) is 8.91. The number of nitrogens with zero attached hydrogens (tertiary/aromatic N) is 1. The molecule has 0 amide bonds. The highest BCUT2D eigenvalue weighted by Gasteiger charge is 2.17. The summed E-state index contributed by atoms with van der Waals surface area (Å²) in [5.74, 6) is -0.268. The van der Waals surface area contributed by atoms with E-state index in [1.54, 1.807) is 12.1 Å². The van der Waals surface area contributed by atoms with E-state index in [2.05, 4.69) is 0 Å². The summed E-state index contributed by atoms with van der Waals surface area (Å²) in [6, 6.07) is 3.15. The van der Waals surface area contributed by atoms with Crippen LogP contribution in [0.25, 0.3) is 0 Å². The Labute approximate surface area is 107 Å². The maximum atomic E-state index is 12.2. The molecule has 0 saturated heterocycles. The van der Waals surface area contributed by atoms with Crippen molar-refractivity contribution in [3.63, 3.8) is 0 Å². The molecule has 1 aromatic rings. The summed E-state index contributed by atoms with van der Waals surface area (Å²) >= 11 is 6.79. The fraction of sp³-hybridized carbons (Fsp3) is 0.500. The average Bonchev–Trinajstić information content (AvgIpc) is 2.64. The van der Waals surface area contributed by atoms with Crippen LogP contribution < -0.4 is 0 Å². The second kappa shape index (κ2) is 7.00. The first-order valence-corrected chi connectivity index (χ1v) is 6.12. The van der Waals surface area contributed by atoms with E-state index >= 15 is 0 Å². The predicted molar refractivity (Wildman–Crippen MR) is 63.2 cm³/mol. The van der Waals surface area contributed by atoms with E-state index in [9.17, 15) is 13.6 Å². The Morgan fingerprint density at radius 1 is 1.53 bits per heavy atom. The molecule has 1 aromatic heterocycles. The Morgan fingerprint density at radius 3 is 2.71 bits per heavy atom. The number of rotatable bonds is 7. The SMILES string of the molecule is O=C(CN(CCO)CC(F)F)c1ccc(Cl)s1. The molecular formula is C10H12ClF2NO2S. The van der Waals surface area contributed by atoms with E-state index in [1.807, 2.05) is 0 Å². The lowest BCUT2D eigenvalue weighted by Gasteiger charge is -2.19. The van der Waals surface area contributed by atoms with Gasteiger partial charge in [0.2, 0.25) is 0 Å². The van der Waals surface area contributed by atoms with Gasteiger partial charge < -0.3 is 5.11 Å². The number of thiophene rings is 1. The quantitative estimate of drug-likeness (QED) is 0.780. The highest BCUT2D eigenvalue weighted by Crippen LogP contribution is 2.22. The Morgan fingerprint density at radius 2 is 2.24 bits per heavy atom. The van der Waals surface area contributed by atoms with Crippen LogP contribution in [0, 0.1) is 0 Å². The number of Topliss-reactive ketones (excluding diaryl/α,β-unsaturated/α-hetero) is 1. The maximum Gasteiger partial charge on any atom is 0.251 e. The van der Waals surface area contributed by atoms with Crippen LogP contribution in [0.4, 0.5) is 8.78 Å². The van der Waals surface area contributed by atoms with Gasteiger partial charge in [-0.3, -0.25) is 9.69 Å². The van der Waals surface area contributed by atoms with Gasteiger partial charge in [-0.1, -0.05) is 11.6 Å². The molecule has 0 radical (unpaired) electrons. The van der Waals surface area contributed by atoms with Crippen LogP contribution in [0.3, 0.4) is 0 Å². The standard InChI is InChI=1S/C10H12ClF2NO2S/c11-9-2-1-8(17-9)7(16)5-14(3-4-15)6-10(12)13/h1-2,10,15H,3-6H2. The van der Waals surface area contributed by atoms with E-state index in [0.29, 0.717) is 9.21 Å². The number of halogens is 3. The number of hydrogen-bond donors (Lipinski definition) is 1. The zero-order chi connectivity index (χ0) is 12.8. The maximum absolute atomic E-state index is 12.2. The number of ketones is 1. The van der Waals surface area contributed by atoms with Crippen molar-refractivity contribution in [2.45, 2.75) is 6.43 Å². The van der Waals surface area contributed by atoms with Crippen LogP contribution in [-0.4, -0.2) is 48.5 Å². The summed E-state index contributed by atoms with van der Waals surface area (Å²) in [7, 11) is 0. The van der Waals surface area contributed by atoms with Gasteiger partial charge in [0, 0.05) is 6.54 Å². The number of hydrogen-bond acceptors (Lipinski definition) is 4. The van der Waals surface area contributed by atoms with Crippen LogP contribution in [0.1, 0.15) is 9.67 Å². The predicted octanol–water partition coefficient (Wildman–Crippen LogP) is 2.14. The summed E-state index contributed by atoms with van der Waals surface area (Å²) in [5, 5.41) is 8.72. The molecule has 0 unspecified atom stereocenters. The van der Waals surface area contributed by atoms with E-state index in [1.165, 1.54) is 4.90 Å². The molecule has 0 saturated carbocycles. The van der Waals surface area contributed by atoms with Crippen molar-refractivity contribution in [1.29, 1.82) is 0 Å². The molecule has 1 heterocycles. The molecule has 1 rings (SSSR count). The van der Waals surface area contributed by atoms with Crippen molar-refractivity contribution < 1.29 is 18.7 Å². The molecule has 0 aliphatic heterocycles. The molecule has 0 atom stereocenters. The smallest absolute Gasteiger partial charge is 0.251 e. The van der Waals surface area contributed by atoms with Crippen LogP contribution in [0.15, 0.2) is 12.1 Å². The second-order valence-corrected chi connectivity index (χ2v) is 5.09. The molecular weight excluding hydrogens is 272 g/mol. The van der Waals surface area contributed by atoms with Gasteiger partial charge in [0.05, 0.1) is 28.9 Å². The van der Waals surface area contributed by atoms with E-state index < -0.39 is 13.0 Å². The molecule has 3 nitrogen and oxygen atoms in total. The fourth-order valence-electron chi connectivity index (χ4n) is 1.32. The number of carbonyl (C=O) groups is 1. The minimum atomic E-state index is -2.53. The monoisotopic (exact) mass is 283 g/mol. The lowest BCUT2D eigenvalue weighted by atomic mass is 10.3. The first-order chi connectivity index (χ1) is 8.02. The minimum Gasteiger partial charge on any atom is -0.395 e. The van der Waals surface area contributed by atoms with Crippen LogP contribution in [0.2, 0.25) is 4.34 Å². The zero-order valence-corrected chi connectivity index (χ0v) is 10.5. The van der Waals surface area contributed by atoms with Crippen molar-refractivity contribution in [3.05, 3.63) is 21.3 Å². The number of aliphatic hydroxyl groups excluding tert-OH is 1. The van der Waals surface area contributed by atoms with E-state index in [4.69, 9.17) is 16.7 Å². The molecule has 0 bridgehead atoms. The van der Waals surface area contributed by atoms with Crippen molar-refractivity contribution in [1.82, 2.24) is 4.90 Å². The van der Waals surface area contributed by atoms with Gasteiger partial charge in [-0.05, 0) is 12.1 Å². The molecule has 17 heavy (non-hydrogen) atoms. The number of aliphatic hydroxyl groups is 1. The van der Waals surface area contributed by atoms with Crippen LogP contribution >= 0.6 is 22.9 Å². The minimum absolute atomic E-state index is 0.0508. The molecule has 0 aliphatic rings. The van der Waals surface area contributed by atoms with Gasteiger partial charge in [0.1, 0.15) is 0 Å². The first kappa shape index (κ1) is 14.5. The highest BCUT2D eigenvalue weighted by molar-refractivity contribution is 7.18. The Bertz CT molecular complexity index is 373. The Balaban J connectivity index is 2.57. The summed E-state index contributed by atoms with van der Waals surface area (Å²) in [4.78, 5) is 13.4. The third-order valence-corrected chi connectivity index (χ3v) is 3.30. The summed E-state index contributed by atoms with van der Waals surface area (Å²) in [6.07, 6.45) is -2.53. The Hall–Kier alpha value is -0.560. The van der Waals surface area contributed by atoms with Crippen molar-refractivity contribution >= 4 is 28.7 Å². The summed E-state index contributed by atoms with van der Waals surface area (Å²) < 4.78 is 24.9. The van der Waals surface area contributed by atoms with Crippen molar-refractivity contribution in [2.24, 2.45) is 0 Å². The largest absolute Gasteiger partial charge is 0.395 e. The van der Waals surface area contributed by atoms with Crippen molar-refractivity contribution in [3.8, 4) is 0 Å². The summed E-state index contributed by atoms with van der Waals surface area (Å²) in [6.45, 7) is -0.868. The fourth-order valence-corrected chi connectivity index (χ4v) is 2.29. The lowest BCUT2D eigenvalue weighted by Crippen LogP contribution is -2.35. The van der Waals surface area contributed by atoms with E-state index in [0.717, 1.165) is 11.3 Å². The molecule has 1 N–H and O–H groups in total. The molecule has 0 aromatic carbocycles. The number of carbonyl (C=O) groups excluding carboxylic acids is 1. The second-order valence-electron chi connectivity index (χ2n) is 3.38. The highest BCUT2D eigenvalue weighted by atomic mass is 35.5. The molecule has 7 heteroatoms. The van der Waals surface area contributed by atoms with Gasteiger partial charge >= 0.3 is 0 Å². The lowest BCUT2D eigenvalue weighted by molar-refractivity contribution is 0.0691. The molecule has 0 spiro atoms. The van der Waals surface area contributed by atoms with Gasteiger partial charge in [-0.25, -0.2) is 8.78 Å². The third-order valence-electron chi connectivity index (χ3n) is 2.03. The van der Waals surface area contributed by atoms with Crippen LogP contribution in [0.5, 0.6) is 0 Å². The van der Waals surface area contributed by atoms with Gasteiger partial charge in [-0.2, -0.15) is 0 Å². The topological polar surface area (TPSA) is 40.5 Å². The van der Waals surface area contributed by atoms with Gasteiger partial charge in [-0.15, -0.1) is 11.3 Å². The van der Waals surface area contributed by atoms with Crippen molar-refractivity contribution in [2.75, 3.05) is 26.2 Å². The molecule has 96 valence electrons. The van der Waals surface area contributed by atoms with E-state index in [-0.39, 0.29) is 25.5 Å². The Kier molecular flexibility index (Phi) is 5.97. The molecule has 0 aliphatic carbocycles. The third kappa shape index (κ3) is 5.08. The summed E-state index contributed by atoms with van der Waals surface area (Å²) in [5.41, 5.74) is 0. The first-order valence-electron chi connectivity index (χ1n) is 4.93. The average molecular weight is 284 g/mol. The molecule has 0 fully saturated rings. The number of alkyl halides is 2. The van der Waals surface area contributed by atoms with Crippen LogP contribution in [-0.2, 0) is 0 Å². The van der Waals surface area contributed by atoms with Gasteiger partial charge in [0.25, 0.3) is 6.43 Å². The van der Waals surface area contributed by atoms with Gasteiger partial charge in [0.15, 0.2) is 5.78 Å². The normalized spacial score (nSPS) is 11.4.